The van der Waals surface area contributed by atoms with E-state index in [9.17, 15) is 4.79 Å². The van der Waals surface area contributed by atoms with Crippen molar-refractivity contribution >= 4 is 16.7 Å². The summed E-state index contributed by atoms with van der Waals surface area (Å²) in [6, 6.07) is 15.3. The van der Waals surface area contributed by atoms with Crippen LogP contribution in [-0.4, -0.2) is 28.6 Å². The number of hydrogen-bond acceptors (Lipinski definition) is 2. The van der Waals surface area contributed by atoms with Crippen molar-refractivity contribution in [2.24, 2.45) is 0 Å². The summed E-state index contributed by atoms with van der Waals surface area (Å²) < 4.78 is 0. The number of fused-ring (bicyclic) bond motifs is 1. The third-order valence-electron chi connectivity index (χ3n) is 4.59. The molecule has 1 heterocycles. The number of likely N-dealkylation sites (tertiary alicyclic amines) is 1. The highest BCUT2D eigenvalue weighted by atomic mass is 16.4. The Kier molecular flexibility index (Phi) is 3.93. The van der Waals surface area contributed by atoms with Crippen molar-refractivity contribution < 1.29 is 9.90 Å². The van der Waals surface area contributed by atoms with Crippen molar-refractivity contribution in [1.82, 2.24) is 4.90 Å². The molecule has 0 aliphatic carbocycles. The smallest absolute Gasteiger partial charge is 0.304 e. The van der Waals surface area contributed by atoms with Gasteiger partial charge >= 0.3 is 5.97 Å². The van der Waals surface area contributed by atoms with E-state index < -0.39 is 5.97 Å². The van der Waals surface area contributed by atoms with Crippen molar-refractivity contribution in [3.8, 4) is 0 Å². The lowest BCUT2D eigenvalue weighted by molar-refractivity contribution is -0.138. The molecule has 0 bridgehead atoms. The Bertz CT molecular complexity index is 652. The summed E-state index contributed by atoms with van der Waals surface area (Å²) in [7, 11) is 0. The summed E-state index contributed by atoms with van der Waals surface area (Å²) in [6.45, 7) is 3.18. The maximum absolute atomic E-state index is 11.0. The number of aliphatic carboxylic acids is 1. The topological polar surface area (TPSA) is 40.5 Å². The number of carboxylic acids is 1. The Labute approximate surface area is 125 Å². The zero-order chi connectivity index (χ0) is 14.8. The molecule has 3 heteroatoms. The molecule has 3 nitrogen and oxygen atoms in total. The van der Waals surface area contributed by atoms with Crippen LogP contribution in [0, 0.1) is 0 Å². The molecule has 1 aliphatic rings. The van der Waals surface area contributed by atoms with E-state index in [1.54, 1.807) is 0 Å². The number of carboxylic acid groups (broad SMARTS) is 1. The van der Waals surface area contributed by atoms with E-state index in [0.717, 1.165) is 19.4 Å². The fraction of sp³-hybridized carbons (Fsp3) is 0.389. The Morgan fingerprint density at radius 3 is 2.81 bits per heavy atom. The van der Waals surface area contributed by atoms with Crippen molar-refractivity contribution in [3.63, 3.8) is 0 Å². The van der Waals surface area contributed by atoms with Gasteiger partial charge in [0.05, 0.1) is 6.42 Å². The van der Waals surface area contributed by atoms with Gasteiger partial charge in [-0.15, -0.1) is 0 Å². The maximum Gasteiger partial charge on any atom is 0.304 e. The normalized spacial score (nSPS) is 20.7. The lowest BCUT2D eigenvalue weighted by Crippen LogP contribution is -2.33. The summed E-state index contributed by atoms with van der Waals surface area (Å²) in [5.74, 6) is -0.697. The highest BCUT2D eigenvalue weighted by molar-refractivity contribution is 5.83. The highest BCUT2D eigenvalue weighted by Gasteiger charge is 2.30. The van der Waals surface area contributed by atoms with Gasteiger partial charge in [0, 0.05) is 12.1 Å². The number of hydrogen-bond donors (Lipinski definition) is 1. The van der Waals surface area contributed by atoms with Crippen LogP contribution in [0.3, 0.4) is 0 Å². The average molecular weight is 283 g/mol. The molecular weight excluding hydrogens is 262 g/mol. The summed E-state index contributed by atoms with van der Waals surface area (Å²) in [6.07, 6.45) is 2.33. The summed E-state index contributed by atoms with van der Waals surface area (Å²) in [4.78, 5) is 13.4. The van der Waals surface area contributed by atoms with Crippen molar-refractivity contribution in [2.45, 2.75) is 38.3 Å². The van der Waals surface area contributed by atoms with Crippen LogP contribution in [0.25, 0.3) is 10.8 Å². The fourth-order valence-electron chi connectivity index (χ4n) is 3.45. The number of rotatable bonds is 4. The first-order valence-electron chi connectivity index (χ1n) is 7.61. The number of nitrogens with zero attached hydrogens (tertiary/aromatic N) is 1. The van der Waals surface area contributed by atoms with Gasteiger partial charge in [-0.25, -0.2) is 0 Å². The molecule has 0 spiro atoms. The monoisotopic (exact) mass is 283 g/mol. The van der Waals surface area contributed by atoms with Crippen molar-refractivity contribution in [1.29, 1.82) is 0 Å². The van der Waals surface area contributed by atoms with Gasteiger partial charge in [0.15, 0.2) is 0 Å². The molecule has 1 fully saturated rings. The van der Waals surface area contributed by atoms with Crippen LogP contribution in [0.4, 0.5) is 0 Å². The molecule has 2 atom stereocenters. The standard InChI is InChI=1S/C18H21NO2/c1-13(19-10-4-7-17(19)12-18(20)21)15-9-8-14-5-2-3-6-16(14)11-15/h2-3,5-6,8-9,11,13,17H,4,7,10,12H2,1H3,(H,20,21). The Morgan fingerprint density at radius 2 is 2.05 bits per heavy atom. The Balaban J connectivity index is 1.85. The maximum atomic E-state index is 11.0. The van der Waals surface area contributed by atoms with E-state index in [2.05, 4.69) is 54.3 Å². The third kappa shape index (κ3) is 2.93. The Morgan fingerprint density at radius 1 is 1.29 bits per heavy atom. The first-order valence-corrected chi connectivity index (χ1v) is 7.61. The molecule has 21 heavy (non-hydrogen) atoms. The molecule has 2 aromatic carbocycles. The molecule has 3 rings (SSSR count). The van der Waals surface area contributed by atoms with E-state index in [4.69, 9.17) is 5.11 Å². The van der Waals surface area contributed by atoms with E-state index in [-0.39, 0.29) is 18.5 Å². The summed E-state index contributed by atoms with van der Waals surface area (Å²) in [5.41, 5.74) is 1.27. The minimum atomic E-state index is -0.697. The zero-order valence-electron chi connectivity index (χ0n) is 12.3. The van der Waals surface area contributed by atoms with Gasteiger partial charge in [0.25, 0.3) is 0 Å². The van der Waals surface area contributed by atoms with Gasteiger partial charge in [-0.2, -0.15) is 0 Å². The van der Waals surface area contributed by atoms with Gasteiger partial charge in [0.2, 0.25) is 0 Å². The van der Waals surface area contributed by atoms with Crippen LogP contribution in [0.15, 0.2) is 42.5 Å². The first-order chi connectivity index (χ1) is 10.1. The number of carbonyl (C=O) groups is 1. The molecule has 1 aliphatic heterocycles. The molecule has 1 N–H and O–H groups in total. The van der Waals surface area contributed by atoms with Crippen LogP contribution in [-0.2, 0) is 4.79 Å². The highest BCUT2D eigenvalue weighted by Crippen LogP contribution is 2.32. The van der Waals surface area contributed by atoms with Gasteiger partial charge in [-0.1, -0.05) is 36.4 Å². The van der Waals surface area contributed by atoms with E-state index in [1.807, 2.05) is 0 Å². The van der Waals surface area contributed by atoms with Crippen molar-refractivity contribution in [3.05, 3.63) is 48.0 Å². The molecule has 110 valence electrons. The molecule has 1 saturated heterocycles. The minimum absolute atomic E-state index is 0.170. The van der Waals surface area contributed by atoms with Crippen molar-refractivity contribution in [2.75, 3.05) is 6.54 Å². The van der Waals surface area contributed by atoms with Crippen LogP contribution in [0.1, 0.15) is 37.8 Å². The van der Waals surface area contributed by atoms with Crippen LogP contribution in [0.5, 0.6) is 0 Å². The van der Waals surface area contributed by atoms with Gasteiger partial charge < -0.3 is 5.11 Å². The van der Waals surface area contributed by atoms with E-state index in [0.29, 0.717) is 0 Å². The second kappa shape index (κ2) is 5.86. The predicted molar refractivity (Wildman–Crippen MR) is 84.3 cm³/mol. The van der Waals surface area contributed by atoms with E-state index in [1.165, 1.54) is 16.3 Å². The third-order valence-corrected chi connectivity index (χ3v) is 4.59. The molecular formula is C18H21NO2. The fourth-order valence-corrected chi connectivity index (χ4v) is 3.45. The quantitative estimate of drug-likeness (QED) is 0.926. The van der Waals surface area contributed by atoms with Gasteiger partial charge in [-0.05, 0) is 48.7 Å². The SMILES string of the molecule is CC(c1ccc2ccccc2c1)N1CCCC1CC(=O)O. The summed E-state index contributed by atoms with van der Waals surface area (Å²) >= 11 is 0. The van der Waals surface area contributed by atoms with Crippen LogP contribution < -0.4 is 0 Å². The second-order valence-electron chi connectivity index (χ2n) is 5.91. The van der Waals surface area contributed by atoms with Gasteiger partial charge in [-0.3, -0.25) is 9.69 Å². The zero-order valence-corrected chi connectivity index (χ0v) is 12.3. The molecule has 0 saturated carbocycles. The van der Waals surface area contributed by atoms with Gasteiger partial charge in [0.1, 0.15) is 0 Å². The second-order valence-corrected chi connectivity index (χ2v) is 5.91. The lowest BCUT2D eigenvalue weighted by Gasteiger charge is -2.30. The number of benzene rings is 2. The summed E-state index contributed by atoms with van der Waals surface area (Å²) in [5, 5.41) is 11.6. The molecule has 2 unspecified atom stereocenters. The van der Waals surface area contributed by atoms with Crippen LogP contribution >= 0.6 is 0 Å². The lowest BCUT2D eigenvalue weighted by atomic mass is 10.0. The molecule has 2 aromatic rings. The molecule has 0 amide bonds. The molecule has 0 aromatic heterocycles. The average Bonchev–Trinajstić information content (AvgIpc) is 2.93. The first kappa shape index (κ1) is 14.1. The minimum Gasteiger partial charge on any atom is -0.481 e. The van der Waals surface area contributed by atoms with Crippen LogP contribution in [0.2, 0.25) is 0 Å². The Hall–Kier alpha value is -1.87. The van der Waals surface area contributed by atoms with E-state index >= 15 is 0 Å². The predicted octanol–water partition coefficient (Wildman–Crippen LogP) is 3.84. The molecule has 0 radical (unpaired) electrons. The largest absolute Gasteiger partial charge is 0.481 e.